The van der Waals surface area contributed by atoms with Crippen LogP contribution in [0.15, 0.2) is 74.2 Å². The van der Waals surface area contributed by atoms with Gasteiger partial charge in [0.25, 0.3) is 5.91 Å². The van der Waals surface area contributed by atoms with Gasteiger partial charge in [-0.2, -0.15) is 5.10 Å². The van der Waals surface area contributed by atoms with Crippen LogP contribution in [0.3, 0.4) is 0 Å². The van der Waals surface area contributed by atoms with Crippen molar-refractivity contribution in [3.8, 4) is 23.0 Å². The number of para-hydroxylation sites is 1. The maximum Gasteiger partial charge on any atom is 0.272 e. The van der Waals surface area contributed by atoms with Gasteiger partial charge in [0.15, 0.2) is 17.2 Å². The van der Waals surface area contributed by atoms with Gasteiger partial charge in [-0.05, 0) is 24.3 Å². The highest BCUT2D eigenvalue weighted by molar-refractivity contribution is 5.93. The van der Waals surface area contributed by atoms with E-state index in [1.807, 2.05) is 30.3 Å². The van der Waals surface area contributed by atoms with E-state index in [1.165, 1.54) is 0 Å². The average Bonchev–Trinajstić information content (AvgIpc) is 3.51. The van der Waals surface area contributed by atoms with Gasteiger partial charge in [-0.1, -0.05) is 23.4 Å². The van der Waals surface area contributed by atoms with Crippen molar-refractivity contribution < 1.29 is 18.2 Å². The molecule has 0 aliphatic rings. The molecule has 0 atom stereocenters. The second kappa shape index (κ2) is 6.58. The molecular formula is C20H14N4O4. The number of benzene rings is 1. The normalized spacial score (nSPS) is 11.1. The van der Waals surface area contributed by atoms with E-state index < -0.39 is 0 Å². The number of aromatic nitrogens is 3. The molecule has 5 aromatic rings. The summed E-state index contributed by atoms with van der Waals surface area (Å²) >= 11 is 0. The molecule has 28 heavy (non-hydrogen) atoms. The van der Waals surface area contributed by atoms with E-state index in [9.17, 15) is 4.79 Å². The fourth-order valence-electron chi connectivity index (χ4n) is 2.87. The average molecular weight is 374 g/mol. The molecule has 4 heterocycles. The predicted octanol–water partition coefficient (Wildman–Crippen LogP) is 4.00. The van der Waals surface area contributed by atoms with Crippen LogP contribution in [0, 0.1) is 0 Å². The molecule has 0 fully saturated rings. The topological polar surface area (TPSA) is 110 Å². The Kier molecular flexibility index (Phi) is 3.79. The summed E-state index contributed by atoms with van der Waals surface area (Å²) in [6.07, 6.45) is 1.56. The van der Waals surface area contributed by atoms with Crippen molar-refractivity contribution in [1.29, 1.82) is 0 Å². The molecule has 0 unspecified atom stereocenters. The number of hydrogen-bond acceptors (Lipinski definition) is 6. The molecule has 5 rings (SSSR count). The largest absolute Gasteiger partial charge is 0.463 e. The van der Waals surface area contributed by atoms with Gasteiger partial charge >= 0.3 is 0 Å². The first-order valence-electron chi connectivity index (χ1n) is 8.58. The van der Waals surface area contributed by atoms with Crippen LogP contribution in [-0.2, 0) is 6.54 Å². The summed E-state index contributed by atoms with van der Waals surface area (Å²) in [6, 6.07) is 16.5. The van der Waals surface area contributed by atoms with E-state index >= 15 is 0 Å². The van der Waals surface area contributed by atoms with Crippen molar-refractivity contribution in [3.63, 3.8) is 0 Å². The summed E-state index contributed by atoms with van der Waals surface area (Å²) in [6.45, 7) is 0.200. The molecule has 1 amide bonds. The Bertz CT molecular complexity index is 1210. The van der Waals surface area contributed by atoms with Crippen molar-refractivity contribution >= 4 is 16.9 Å². The van der Waals surface area contributed by atoms with E-state index in [-0.39, 0.29) is 18.1 Å². The highest BCUT2D eigenvalue weighted by Gasteiger charge is 2.15. The number of hydrogen-bond donors (Lipinski definition) is 2. The number of rotatable bonds is 5. The summed E-state index contributed by atoms with van der Waals surface area (Å²) in [7, 11) is 0. The quantitative estimate of drug-likeness (QED) is 0.481. The molecule has 0 saturated heterocycles. The number of furan rings is 2. The van der Waals surface area contributed by atoms with Crippen molar-refractivity contribution in [2.45, 2.75) is 6.54 Å². The first-order valence-corrected chi connectivity index (χ1v) is 8.58. The van der Waals surface area contributed by atoms with Crippen LogP contribution in [0.25, 0.3) is 33.9 Å². The van der Waals surface area contributed by atoms with Gasteiger partial charge in [0.1, 0.15) is 17.0 Å². The standard InChI is InChI=1S/C20H14N4O4/c25-20(15-10-14(22-23-15)17-6-3-7-26-17)21-11-13-9-19(28-24-13)18-8-12-4-1-2-5-16(12)27-18/h1-10H,11H2,(H,21,25)(H,22,23). The molecular weight excluding hydrogens is 360 g/mol. The molecule has 2 N–H and O–H groups in total. The SMILES string of the molecule is O=C(NCc1cc(-c2cc3ccccc3o2)on1)c1cc(-c2ccco2)[nH]n1. The Morgan fingerprint density at radius 1 is 1.04 bits per heavy atom. The minimum atomic E-state index is -0.331. The van der Waals surface area contributed by atoms with Crippen molar-refractivity contribution in [1.82, 2.24) is 20.7 Å². The van der Waals surface area contributed by atoms with Crippen molar-refractivity contribution in [2.75, 3.05) is 0 Å². The Morgan fingerprint density at radius 3 is 2.82 bits per heavy atom. The number of H-pyrrole nitrogens is 1. The zero-order valence-electron chi connectivity index (χ0n) is 14.5. The van der Waals surface area contributed by atoms with Crippen LogP contribution < -0.4 is 5.32 Å². The molecule has 0 aliphatic carbocycles. The summed E-state index contributed by atoms with van der Waals surface area (Å²) in [5.74, 6) is 1.36. The fourth-order valence-corrected chi connectivity index (χ4v) is 2.87. The summed E-state index contributed by atoms with van der Waals surface area (Å²) in [5, 5.41) is 14.5. The molecule has 8 heteroatoms. The molecule has 0 radical (unpaired) electrons. The van der Waals surface area contributed by atoms with E-state index in [0.717, 1.165) is 11.0 Å². The molecule has 8 nitrogen and oxygen atoms in total. The second-order valence-electron chi connectivity index (χ2n) is 6.16. The Hall–Kier alpha value is -4.07. The van der Waals surface area contributed by atoms with Crippen molar-refractivity contribution in [3.05, 3.63) is 72.2 Å². The number of nitrogens with zero attached hydrogens (tertiary/aromatic N) is 2. The van der Waals surface area contributed by atoms with E-state index in [0.29, 0.717) is 28.7 Å². The van der Waals surface area contributed by atoms with Gasteiger partial charge in [-0.15, -0.1) is 0 Å². The van der Waals surface area contributed by atoms with Gasteiger partial charge in [0.2, 0.25) is 5.76 Å². The third-order valence-electron chi connectivity index (χ3n) is 4.25. The maximum absolute atomic E-state index is 12.3. The first-order chi connectivity index (χ1) is 13.8. The minimum Gasteiger partial charge on any atom is -0.463 e. The molecule has 0 bridgehead atoms. The van der Waals surface area contributed by atoms with Crippen LogP contribution in [0.4, 0.5) is 0 Å². The molecule has 0 saturated carbocycles. The fraction of sp³-hybridized carbons (Fsp3) is 0.0500. The molecule has 1 aromatic carbocycles. The number of aromatic amines is 1. The first kappa shape index (κ1) is 16.1. The van der Waals surface area contributed by atoms with Gasteiger partial charge in [-0.25, -0.2) is 0 Å². The zero-order valence-corrected chi connectivity index (χ0v) is 14.5. The zero-order chi connectivity index (χ0) is 18.9. The van der Waals surface area contributed by atoms with Crippen LogP contribution >= 0.6 is 0 Å². The third kappa shape index (κ3) is 2.96. The highest BCUT2D eigenvalue weighted by atomic mass is 16.5. The minimum absolute atomic E-state index is 0.200. The van der Waals surface area contributed by atoms with Gasteiger partial charge in [0, 0.05) is 17.5 Å². The van der Waals surface area contributed by atoms with E-state index in [1.54, 1.807) is 30.5 Å². The van der Waals surface area contributed by atoms with Crippen LogP contribution in [0.2, 0.25) is 0 Å². The van der Waals surface area contributed by atoms with Gasteiger partial charge in [-0.3, -0.25) is 9.89 Å². The molecule has 0 spiro atoms. The summed E-state index contributed by atoms with van der Waals surface area (Å²) < 4.78 is 16.4. The maximum atomic E-state index is 12.3. The monoisotopic (exact) mass is 374 g/mol. The Morgan fingerprint density at radius 2 is 1.96 bits per heavy atom. The number of amides is 1. The van der Waals surface area contributed by atoms with Crippen LogP contribution in [0.5, 0.6) is 0 Å². The predicted molar refractivity (Wildman–Crippen MR) is 99.2 cm³/mol. The lowest BCUT2D eigenvalue weighted by Crippen LogP contribution is -2.23. The summed E-state index contributed by atoms with van der Waals surface area (Å²) in [5.41, 5.74) is 2.23. The molecule has 0 aliphatic heterocycles. The lowest BCUT2D eigenvalue weighted by Gasteiger charge is -1.98. The van der Waals surface area contributed by atoms with Gasteiger partial charge < -0.3 is 18.7 Å². The molecule has 4 aromatic heterocycles. The van der Waals surface area contributed by atoms with Gasteiger partial charge in [0.05, 0.1) is 12.8 Å². The van der Waals surface area contributed by atoms with E-state index in [4.69, 9.17) is 13.4 Å². The number of carbonyl (C=O) groups excluding carboxylic acids is 1. The highest BCUT2D eigenvalue weighted by Crippen LogP contribution is 2.28. The Labute approximate surface area is 158 Å². The van der Waals surface area contributed by atoms with E-state index in [2.05, 4.69) is 20.7 Å². The number of fused-ring (bicyclic) bond motifs is 1. The second-order valence-corrected chi connectivity index (χ2v) is 6.16. The third-order valence-corrected chi connectivity index (χ3v) is 4.25. The number of nitrogens with one attached hydrogen (secondary N) is 2. The van der Waals surface area contributed by atoms with Crippen LogP contribution in [0.1, 0.15) is 16.2 Å². The lowest BCUT2D eigenvalue weighted by molar-refractivity contribution is 0.0945. The molecule has 138 valence electrons. The Balaban J connectivity index is 1.26. The lowest BCUT2D eigenvalue weighted by atomic mass is 10.2. The summed E-state index contributed by atoms with van der Waals surface area (Å²) in [4.78, 5) is 12.3. The van der Waals surface area contributed by atoms with Crippen LogP contribution in [-0.4, -0.2) is 21.3 Å². The van der Waals surface area contributed by atoms with Crippen molar-refractivity contribution in [2.24, 2.45) is 0 Å². The smallest absolute Gasteiger partial charge is 0.272 e. The number of carbonyl (C=O) groups is 1.